The Labute approximate surface area is 213 Å². The van der Waals surface area contributed by atoms with E-state index >= 15 is 0 Å². The lowest BCUT2D eigenvalue weighted by Gasteiger charge is -2.41. The first-order valence-electron chi connectivity index (χ1n) is 11.9. The summed E-state index contributed by atoms with van der Waals surface area (Å²) in [6.45, 7) is 0.851. The average molecular weight is 540 g/mol. The summed E-state index contributed by atoms with van der Waals surface area (Å²) in [5, 5.41) is 7.04. The second kappa shape index (κ2) is 9.94. The van der Waals surface area contributed by atoms with Crippen LogP contribution < -0.4 is 11.1 Å². The molecule has 0 radical (unpaired) electrons. The van der Waals surface area contributed by atoms with Gasteiger partial charge in [0.2, 0.25) is 5.95 Å². The number of nitrogens with zero attached hydrogens (tertiary/aromatic N) is 7. The van der Waals surface area contributed by atoms with Crippen LogP contribution in [-0.2, 0) is 11.3 Å². The summed E-state index contributed by atoms with van der Waals surface area (Å²) in [6, 6.07) is 5.29. The van der Waals surface area contributed by atoms with Gasteiger partial charge in [0.1, 0.15) is 17.6 Å². The van der Waals surface area contributed by atoms with Crippen LogP contribution in [-0.4, -0.2) is 85.5 Å². The molecule has 0 bridgehead atoms. The fraction of sp³-hybridized carbons (Fsp3) is 0.478. The fourth-order valence-corrected chi connectivity index (χ4v) is 4.51. The molecule has 0 aliphatic carbocycles. The molecule has 4 aromatic heterocycles. The lowest BCUT2D eigenvalue weighted by molar-refractivity contribution is -0.140. The number of fused-ring (bicyclic) bond motifs is 2. The molecule has 2 aliphatic rings. The van der Waals surface area contributed by atoms with Crippen molar-refractivity contribution in [2.45, 2.75) is 37.5 Å². The zero-order valence-electron chi connectivity index (χ0n) is 20.4. The molecule has 2 fully saturated rings. The molecule has 0 spiro atoms. The van der Waals surface area contributed by atoms with Gasteiger partial charge in [0.25, 0.3) is 5.92 Å². The monoisotopic (exact) mass is 539 g/mol. The van der Waals surface area contributed by atoms with E-state index in [1.165, 1.54) is 0 Å². The Kier molecular flexibility index (Phi) is 6.81. The van der Waals surface area contributed by atoms with Gasteiger partial charge >= 0.3 is 6.18 Å². The smallest absolute Gasteiger partial charge is 0.382 e. The van der Waals surface area contributed by atoms with Crippen LogP contribution in [0.25, 0.3) is 27.9 Å². The number of likely N-dealkylation sites (tertiary alicyclic amines) is 1. The van der Waals surface area contributed by atoms with Gasteiger partial charge in [0.15, 0.2) is 11.5 Å². The minimum absolute atomic E-state index is 0.0527. The van der Waals surface area contributed by atoms with E-state index < -0.39 is 18.6 Å². The molecule has 10 nitrogen and oxygen atoms in total. The number of piperidine rings is 1. The maximum absolute atomic E-state index is 12.9. The number of rotatable bonds is 4. The number of hydrogen-bond donors (Lipinski definition) is 2. The van der Waals surface area contributed by atoms with E-state index in [-0.39, 0.29) is 30.5 Å². The summed E-state index contributed by atoms with van der Waals surface area (Å²) in [6.07, 6.45) is -0.886. The molecule has 6 heterocycles. The molecule has 4 aromatic rings. The van der Waals surface area contributed by atoms with Crippen LogP contribution in [0.15, 0.2) is 30.7 Å². The van der Waals surface area contributed by atoms with Crippen LogP contribution in [0.4, 0.5) is 33.7 Å². The maximum atomic E-state index is 12.9. The highest BCUT2D eigenvalue weighted by Crippen LogP contribution is 2.30. The van der Waals surface area contributed by atoms with Crippen LogP contribution in [0, 0.1) is 0 Å². The molecule has 204 valence electrons. The predicted molar refractivity (Wildman–Crippen MR) is 130 cm³/mol. The Morgan fingerprint density at radius 2 is 1.97 bits per heavy atom. The summed E-state index contributed by atoms with van der Waals surface area (Å²) in [5.41, 5.74) is 8.14. The predicted octanol–water partition coefficient (Wildman–Crippen LogP) is 3.44. The summed E-state index contributed by atoms with van der Waals surface area (Å²) in [7, 11) is 1.67. The van der Waals surface area contributed by atoms with Crippen molar-refractivity contribution in [2.75, 3.05) is 44.4 Å². The second-order valence-corrected chi connectivity index (χ2v) is 9.24. The molecule has 0 amide bonds. The second-order valence-electron chi connectivity index (χ2n) is 9.24. The molecule has 0 unspecified atom stereocenters. The van der Waals surface area contributed by atoms with Gasteiger partial charge in [0, 0.05) is 25.2 Å². The first-order chi connectivity index (χ1) is 18.0. The third-order valence-corrected chi connectivity index (χ3v) is 6.41. The van der Waals surface area contributed by atoms with Crippen molar-refractivity contribution in [1.82, 2.24) is 34.0 Å². The molecule has 0 atom stereocenters. The van der Waals surface area contributed by atoms with E-state index in [4.69, 9.17) is 10.5 Å². The zero-order valence-corrected chi connectivity index (χ0v) is 20.4. The van der Waals surface area contributed by atoms with Crippen molar-refractivity contribution >= 4 is 28.4 Å². The number of hydrogen-bond acceptors (Lipinski definition) is 8. The van der Waals surface area contributed by atoms with Crippen LogP contribution >= 0.6 is 0 Å². The van der Waals surface area contributed by atoms with Gasteiger partial charge in [-0.2, -0.15) is 18.2 Å². The largest absolute Gasteiger partial charge is 0.406 e. The molecule has 15 heteroatoms. The topological polar surface area (TPSA) is 111 Å². The van der Waals surface area contributed by atoms with Crippen LogP contribution in [0.2, 0.25) is 0 Å². The number of aromatic nitrogens is 6. The van der Waals surface area contributed by atoms with Gasteiger partial charge in [-0.25, -0.2) is 23.3 Å². The molecule has 6 rings (SSSR count). The normalized spacial score (nSPS) is 18.3. The van der Waals surface area contributed by atoms with Crippen LogP contribution in [0.1, 0.15) is 12.8 Å². The van der Waals surface area contributed by atoms with Gasteiger partial charge in [-0.05, 0) is 31.2 Å². The van der Waals surface area contributed by atoms with E-state index in [2.05, 4.69) is 25.4 Å². The summed E-state index contributed by atoms with van der Waals surface area (Å²) in [4.78, 5) is 14.3. The van der Waals surface area contributed by atoms with Crippen molar-refractivity contribution < 1.29 is 26.7 Å². The number of imidazole rings is 1. The molecular formula is C23H26F5N9O. The van der Waals surface area contributed by atoms with E-state index in [0.29, 0.717) is 47.9 Å². The number of nitrogens with two attached hydrogens (primary N) is 1. The van der Waals surface area contributed by atoms with E-state index in [1.807, 2.05) is 4.90 Å². The van der Waals surface area contributed by atoms with Gasteiger partial charge in [-0.15, -0.1) is 5.10 Å². The summed E-state index contributed by atoms with van der Waals surface area (Å²) >= 11 is 0. The number of nitrogens with one attached hydrogen (secondary N) is 1. The first kappa shape index (κ1) is 26.0. The van der Waals surface area contributed by atoms with Crippen molar-refractivity contribution in [3.8, 4) is 11.3 Å². The molecule has 0 saturated carbocycles. The Morgan fingerprint density at radius 1 is 1.18 bits per heavy atom. The first-order valence-corrected chi connectivity index (χ1v) is 11.9. The Hall–Kier alpha value is -3.59. The van der Waals surface area contributed by atoms with Crippen LogP contribution in [0.3, 0.4) is 0 Å². The van der Waals surface area contributed by atoms with E-state index in [9.17, 15) is 22.0 Å². The molecule has 2 saturated heterocycles. The van der Waals surface area contributed by atoms with Gasteiger partial charge in [-0.3, -0.25) is 4.90 Å². The number of halogens is 5. The maximum Gasteiger partial charge on any atom is 0.406 e. The summed E-state index contributed by atoms with van der Waals surface area (Å²) < 4.78 is 71.5. The number of nitrogen functional groups attached to an aromatic ring is 1. The molecule has 3 N–H and O–H groups in total. The molecule has 2 aliphatic heterocycles. The summed E-state index contributed by atoms with van der Waals surface area (Å²) in [5.74, 6) is -1.88. The third-order valence-electron chi connectivity index (χ3n) is 6.41. The minimum Gasteiger partial charge on any atom is -0.382 e. The molecule has 0 aromatic carbocycles. The number of alkyl halides is 5. The Morgan fingerprint density at radius 3 is 2.63 bits per heavy atom. The number of ether oxygens (including phenoxy) is 1. The lowest BCUT2D eigenvalue weighted by atomic mass is 10.0. The van der Waals surface area contributed by atoms with Gasteiger partial charge < -0.3 is 20.4 Å². The van der Waals surface area contributed by atoms with E-state index in [1.54, 1.807) is 36.0 Å². The molecule has 38 heavy (non-hydrogen) atoms. The Bertz CT molecular complexity index is 1430. The number of pyridine rings is 1. The SMILES string of the molecule is CNc1nc(N)c2c(-c3ccc4ncn(CC(F)(F)F)c4n3)ccn2n1.FC1(F)CCCN(C2COC2)C1. The highest BCUT2D eigenvalue weighted by molar-refractivity contribution is 5.88. The number of anilines is 2. The van der Waals surface area contributed by atoms with Crippen molar-refractivity contribution in [3.63, 3.8) is 0 Å². The van der Waals surface area contributed by atoms with Crippen molar-refractivity contribution in [2.24, 2.45) is 0 Å². The van der Waals surface area contributed by atoms with Gasteiger partial charge in [0.05, 0.1) is 37.8 Å². The standard InChI is InChI=1S/C15H13F3N8.C8H13F2NO/c1-20-14-23-12(19)11-8(4-5-26(11)24-14)9-2-3-10-13(22-9)25(7-21-10)6-15(16,17)18;9-8(10)2-1-3-11(6-8)7-4-12-5-7/h2-5,7H,6H2,1H3,(H3,19,20,23,24);7H,1-6H2. The fourth-order valence-electron chi connectivity index (χ4n) is 4.51. The average Bonchev–Trinajstić information content (AvgIpc) is 3.41. The quantitative estimate of drug-likeness (QED) is 0.380. The minimum atomic E-state index is -4.37. The lowest BCUT2D eigenvalue weighted by Crippen LogP contribution is -2.55. The van der Waals surface area contributed by atoms with E-state index in [0.717, 1.165) is 17.4 Å². The zero-order chi connectivity index (χ0) is 27.1. The van der Waals surface area contributed by atoms with Crippen LogP contribution in [0.5, 0.6) is 0 Å². The highest BCUT2D eigenvalue weighted by Gasteiger charge is 2.39. The van der Waals surface area contributed by atoms with Crippen molar-refractivity contribution in [3.05, 3.63) is 30.7 Å². The molecular weight excluding hydrogens is 513 g/mol. The highest BCUT2D eigenvalue weighted by atomic mass is 19.4. The third kappa shape index (κ3) is 5.48. The van der Waals surface area contributed by atoms with Crippen molar-refractivity contribution in [1.29, 1.82) is 0 Å². The van der Waals surface area contributed by atoms with Gasteiger partial charge in [-0.1, -0.05) is 0 Å². The Balaban J connectivity index is 0.000000204.